The summed E-state index contributed by atoms with van der Waals surface area (Å²) in [6, 6.07) is 11.5. The second-order valence-corrected chi connectivity index (χ2v) is 8.43. The van der Waals surface area contributed by atoms with E-state index in [0.29, 0.717) is 37.5 Å². The third-order valence-corrected chi connectivity index (χ3v) is 6.08. The number of hydrogen-bond donors (Lipinski definition) is 2. The van der Waals surface area contributed by atoms with E-state index in [-0.39, 0.29) is 16.6 Å². The fourth-order valence-electron chi connectivity index (χ4n) is 3.20. The SMILES string of the molecule is CC(N=C1NS(=O)(=O)c2ccccc21)C(=O)NCCc1ccc2c(c1)OCCO2. The molecule has 0 spiro atoms. The lowest BCUT2D eigenvalue weighted by Crippen LogP contribution is -2.35. The summed E-state index contributed by atoms with van der Waals surface area (Å²) in [5.74, 6) is 1.36. The summed E-state index contributed by atoms with van der Waals surface area (Å²) in [5, 5.41) is 2.83. The maximum absolute atomic E-state index is 12.4. The van der Waals surface area contributed by atoms with Crippen molar-refractivity contribution in [2.75, 3.05) is 19.8 Å². The van der Waals surface area contributed by atoms with Gasteiger partial charge in [-0.05, 0) is 43.2 Å². The summed E-state index contributed by atoms with van der Waals surface area (Å²) in [6.07, 6.45) is 0.626. The Balaban J connectivity index is 1.36. The van der Waals surface area contributed by atoms with E-state index in [1.54, 1.807) is 25.1 Å². The quantitative estimate of drug-likeness (QED) is 0.764. The second-order valence-electron chi connectivity index (χ2n) is 6.77. The average Bonchev–Trinajstić information content (AvgIpc) is 2.98. The molecule has 4 rings (SSSR count). The maximum Gasteiger partial charge on any atom is 0.263 e. The van der Waals surface area contributed by atoms with Gasteiger partial charge < -0.3 is 14.8 Å². The Bertz CT molecular complexity index is 1080. The molecule has 1 amide bonds. The van der Waals surface area contributed by atoms with Crippen LogP contribution in [0.15, 0.2) is 52.4 Å². The van der Waals surface area contributed by atoms with Crippen LogP contribution in [0.25, 0.3) is 0 Å². The van der Waals surface area contributed by atoms with Crippen LogP contribution in [0.3, 0.4) is 0 Å². The number of rotatable bonds is 5. The van der Waals surface area contributed by atoms with E-state index >= 15 is 0 Å². The van der Waals surface area contributed by atoms with Crippen molar-refractivity contribution >= 4 is 21.8 Å². The molecule has 9 heteroatoms. The highest BCUT2D eigenvalue weighted by atomic mass is 32.2. The summed E-state index contributed by atoms with van der Waals surface area (Å²) in [4.78, 5) is 16.8. The molecule has 0 bridgehead atoms. The molecule has 2 aromatic rings. The normalized spacial score (nSPS) is 18.6. The van der Waals surface area contributed by atoms with Crippen LogP contribution in [-0.2, 0) is 21.2 Å². The Morgan fingerprint density at radius 2 is 1.93 bits per heavy atom. The smallest absolute Gasteiger partial charge is 0.263 e. The summed E-state index contributed by atoms with van der Waals surface area (Å²) >= 11 is 0. The van der Waals surface area contributed by atoms with Gasteiger partial charge in [0.1, 0.15) is 25.1 Å². The average molecular weight is 415 g/mol. The van der Waals surface area contributed by atoms with Crippen molar-refractivity contribution in [1.29, 1.82) is 0 Å². The minimum absolute atomic E-state index is 0.171. The van der Waals surface area contributed by atoms with Crippen LogP contribution in [0, 0.1) is 0 Å². The molecule has 1 atom stereocenters. The van der Waals surface area contributed by atoms with E-state index in [2.05, 4.69) is 15.0 Å². The van der Waals surface area contributed by atoms with E-state index in [1.165, 1.54) is 6.07 Å². The highest BCUT2D eigenvalue weighted by Gasteiger charge is 2.31. The molecular weight excluding hydrogens is 394 g/mol. The first-order valence-corrected chi connectivity index (χ1v) is 10.8. The molecule has 0 aliphatic carbocycles. The monoisotopic (exact) mass is 415 g/mol. The molecule has 2 heterocycles. The summed E-state index contributed by atoms with van der Waals surface area (Å²) in [7, 11) is -3.62. The van der Waals surface area contributed by atoms with Crippen LogP contribution in [0.4, 0.5) is 0 Å². The van der Waals surface area contributed by atoms with Crippen molar-refractivity contribution in [3.8, 4) is 11.5 Å². The molecule has 0 saturated heterocycles. The largest absolute Gasteiger partial charge is 0.486 e. The first-order valence-electron chi connectivity index (χ1n) is 9.30. The van der Waals surface area contributed by atoms with E-state index in [1.807, 2.05) is 18.2 Å². The van der Waals surface area contributed by atoms with Gasteiger partial charge >= 0.3 is 0 Å². The summed E-state index contributed by atoms with van der Waals surface area (Å²) < 4.78 is 37.7. The molecule has 0 fully saturated rings. The van der Waals surface area contributed by atoms with Crippen LogP contribution in [-0.4, -0.2) is 46.0 Å². The molecule has 0 saturated carbocycles. The highest BCUT2D eigenvalue weighted by Crippen LogP contribution is 2.30. The van der Waals surface area contributed by atoms with Crippen molar-refractivity contribution in [1.82, 2.24) is 10.0 Å². The molecule has 8 nitrogen and oxygen atoms in total. The van der Waals surface area contributed by atoms with Crippen molar-refractivity contribution < 1.29 is 22.7 Å². The van der Waals surface area contributed by atoms with E-state index in [0.717, 1.165) is 11.3 Å². The molecule has 0 radical (unpaired) electrons. The topological polar surface area (TPSA) is 106 Å². The molecule has 2 aromatic carbocycles. The number of sulfonamides is 1. The predicted octanol–water partition coefficient (Wildman–Crippen LogP) is 1.24. The summed E-state index contributed by atoms with van der Waals surface area (Å²) in [5.41, 5.74) is 1.49. The minimum Gasteiger partial charge on any atom is -0.486 e. The van der Waals surface area contributed by atoms with Crippen LogP contribution < -0.4 is 19.5 Å². The lowest BCUT2D eigenvalue weighted by Gasteiger charge is -2.19. The first-order chi connectivity index (χ1) is 13.9. The Labute approximate surface area is 169 Å². The number of benzene rings is 2. The molecule has 29 heavy (non-hydrogen) atoms. The van der Waals surface area contributed by atoms with Gasteiger partial charge in [0.05, 0.1) is 4.90 Å². The van der Waals surface area contributed by atoms with Gasteiger partial charge in [-0.3, -0.25) is 14.5 Å². The number of nitrogens with one attached hydrogen (secondary N) is 2. The number of amides is 1. The lowest BCUT2D eigenvalue weighted by atomic mass is 10.1. The lowest BCUT2D eigenvalue weighted by molar-refractivity contribution is -0.121. The maximum atomic E-state index is 12.4. The molecule has 152 valence electrons. The van der Waals surface area contributed by atoms with Gasteiger partial charge in [0.2, 0.25) is 5.91 Å². The Morgan fingerprint density at radius 3 is 2.76 bits per heavy atom. The number of fused-ring (bicyclic) bond motifs is 2. The highest BCUT2D eigenvalue weighted by molar-refractivity contribution is 7.90. The number of nitrogens with zero attached hydrogens (tertiary/aromatic N) is 1. The van der Waals surface area contributed by atoms with Crippen LogP contribution >= 0.6 is 0 Å². The zero-order valence-electron chi connectivity index (χ0n) is 15.8. The van der Waals surface area contributed by atoms with Gasteiger partial charge in [-0.2, -0.15) is 0 Å². The predicted molar refractivity (Wildman–Crippen MR) is 107 cm³/mol. The second kappa shape index (κ2) is 7.75. The minimum atomic E-state index is -3.62. The van der Waals surface area contributed by atoms with Crippen molar-refractivity contribution in [3.63, 3.8) is 0 Å². The van der Waals surface area contributed by atoms with Gasteiger partial charge in [-0.1, -0.05) is 18.2 Å². The molecule has 2 aliphatic heterocycles. The number of carbonyl (C=O) groups excluding carboxylic acids is 1. The molecular formula is C20H21N3O5S. The molecule has 2 aliphatic rings. The third-order valence-electron chi connectivity index (χ3n) is 4.68. The van der Waals surface area contributed by atoms with Crippen molar-refractivity contribution in [2.24, 2.45) is 4.99 Å². The number of ether oxygens (including phenoxy) is 2. The van der Waals surface area contributed by atoms with Gasteiger partial charge in [-0.25, -0.2) is 8.42 Å². The van der Waals surface area contributed by atoms with Gasteiger partial charge in [0.15, 0.2) is 11.5 Å². The Hall–Kier alpha value is -3.07. The third kappa shape index (κ3) is 4.04. The first kappa shape index (κ1) is 19.3. The van der Waals surface area contributed by atoms with Gasteiger partial charge in [0.25, 0.3) is 10.0 Å². The standard InChI is InChI=1S/C20H21N3O5S/c1-13(22-19-15-4-2-3-5-18(15)29(25,26)23-19)20(24)21-9-8-14-6-7-16-17(12-14)28-11-10-27-16/h2-7,12-13H,8-11H2,1H3,(H,21,24)(H,22,23). The number of carbonyl (C=O) groups is 1. The van der Waals surface area contributed by atoms with E-state index in [4.69, 9.17) is 9.47 Å². The van der Waals surface area contributed by atoms with Crippen LogP contribution in [0.2, 0.25) is 0 Å². The van der Waals surface area contributed by atoms with Crippen LogP contribution in [0.1, 0.15) is 18.1 Å². The number of aliphatic imine (C=N–C) groups is 1. The zero-order valence-corrected chi connectivity index (χ0v) is 16.7. The number of amidine groups is 1. The molecule has 2 N–H and O–H groups in total. The molecule has 1 unspecified atom stereocenters. The Kier molecular flexibility index (Phi) is 5.14. The van der Waals surface area contributed by atoms with E-state index in [9.17, 15) is 13.2 Å². The van der Waals surface area contributed by atoms with Gasteiger partial charge in [-0.15, -0.1) is 0 Å². The van der Waals surface area contributed by atoms with Crippen molar-refractivity contribution in [2.45, 2.75) is 24.3 Å². The summed E-state index contributed by atoms with van der Waals surface area (Å²) in [6.45, 7) is 3.12. The molecule has 0 aromatic heterocycles. The van der Waals surface area contributed by atoms with Crippen LogP contribution in [0.5, 0.6) is 11.5 Å². The Morgan fingerprint density at radius 1 is 1.17 bits per heavy atom. The van der Waals surface area contributed by atoms with E-state index < -0.39 is 16.1 Å². The van der Waals surface area contributed by atoms with Crippen molar-refractivity contribution in [3.05, 3.63) is 53.6 Å². The fourth-order valence-corrected chi connectivity index (χ4v) is 4.44. The fraction of sp³-hybridized carbons (Fsp3) is 0.300. The number of hydrogen-bond acceptors (Lipinski definition) is 6. The zero-order chi connectivity index (χ0) is 20.4. The van der Waals surface area contributed by atoms with Gasteiger partial charge in [0, 0.05) is 12.1 Å².